The third kappa shape index (κ3) is 2.10. The summed E-state index contributed by atoms with van der Waals surface area (Å²) >= 11 is 0. The maximum atomic E-state index is 12.9. The van der Waals surface area contributed by atoms with Gasteiger partial charge in [0.25, 0.3) is 0 Å². The highest BCUT2D eigenvalue weighted by Gasteiger charge is 2.44. The molecular formula is C18H24N2O. The Morgan fingerprint density at radius 1 is 1.24 bits per heavy atom. The molecule has 4 atom stereocenters. The van der Waals surface area contributed by atoms with Crippen molar-refractivity contribution in [3.63, 3.8) is 0 Å². The molecule has 1 saturated heterocycles. The van der Waals surface area contributed by atoms with Crippen LogP contribution in [0.1, 0.15) is 42.9 Å². The van der Waals surface area contributed by atoms with E-state index in [-0.39, 0.29) is 12.1 Å². The second-order valence-electron chi connectivity index (χ2n) is 6.94. The van der Waals surface area contributed by atoms with E-state index in [1.54, 1.807) is 0 Å². The van der Waals surface area contributed by atoms with Crippen molar-refractivity contribution in [2.24, 2.45) is 11.8 Å². The lowest BCUT2D eigenvalue weighted by Crippen LogP contribution is -2.45. The van der Waals surface area contributed by atoms with Crippen LogP contribution in [0, 0.1) is 11.8 Å². The van der Waals surface area contributed by atoms with Crippen LogP contribution in [-0.4, -0.2) is 30.4 Å². The Bertz CT molecular complexity index is 556. The number of aryl methyl sites for hydroxylation is 1. The number of nitrogens with one attached hydrogen (secondary N) is 1. The Hall–Kier alpha value is -1.35. The van der Waals surface area contributed by atoms with Crippen LogP contribution >= 0.6 is 0 Å². The van der Waals surface area contributed by atoms with Crippen LogP contribution < -0.4 is 5.32 Å². The average Bonchev–Trinajstić information content (AvgIpc) is 3.20. The zero-order chi connectivity index (χ0) is 14.4. The predicted octanol–water partition coefficient (Wildman–Crippen LogP) is 2.52. The van der Waals surface area contributed by atoms with Crippen molar-refractivity contribution in [3.05, 3.63) is 35.4 Å². The van der Waals surface area contributed by atoms with E-state index in [1.165, 1.54) is 30.4 Å². The Balaban J connectivity index is 1.53. The lowest BCUT2D eigenvalue weighted by atomic mass is 9.93. The molecule has 2 fully saturated rings. The van der Waals surface area contributed by atoms with Crippen molar-refractivity contribution in [1.29, 1.82) is 0 Å². The Kier molecular flexibility index (Phi) is 3.26. The van der Waals surface area contributed by atoms with Crippen LogP contribution in [0.5, 0.6) is 0 Å². The lowest BCUT2D eigenvalue weighted by Gasteiger charge is -2.30. The van der Waals surface area contributed by atoms with E-state index in [0.29, 0.717) is 11.8 Å². The summed E-state index contributed by atoms with van der Waals surface area (Å²) in [6, 6.07) is 8.93. The second kappa shape index (κ2) is 5.13. The molecule has 4 rings (SSSR count). The Labute approximate surface area is 126 Å². The van der Waals surface area contributed by atoms with Gasteiger partial charge >= 0.3 is 0 Å². The van der Waals surface area contributed by atoms with Crippen molar-refractivity contribution >= 4 is 5.91 Å². The van der Waals surface area contributed by atoms with E-state index in [9.17, 15) is 4.79 Å². The maximum Gasteiger partial charge on any atom is 0.240 e. The number of nitrogens with zero attached hydrogens (tertiary/aromatic N) is 1. The first kappa shape index (κ1) is 13.3. The molecule has 0 radical (unpaired) electrons. The van der Waals surface area contributed by atoms with Gasteiger partial charge in [0.1, 0.15) is 0 Å². The highest BCUT2D eigenvalue weighted by molar-refractivity contribution is 5.83. The van der Waals surface area contributed by atoms with Crippen LogP contribution in [0.15, 0.2) is 24.3 Å². The smallest absolute Gasteiger partial charge is 0.240 e. The van der Waals surface area contributed by atoms with E-state index in [2.05, 4.69) is 29.6 Å². The Morgan fingerprint density at radius 3 is 3.00 bits per heavy atom. The van der Waals surface area contributed by atoms with Gasteiger partial charge in [-0.1, -0.05) is 30.7 Å². The minimum absolute atomic E-state index is 0.0651. The number of fused-ring (bicyclic) bond motifs is 2. The molecule has 1 N–H and O–H groups in total. The fourth-order valence-corrected chi connectivity index (χ4v) is 4.77. The van der Waals surface area contributed by atoms with E-state index in [0.717, 1.165) is 25.3 Å². The third-order valence-corrected chi connectivity index (χ3v) is 5.93. The van der Waals surface area contributed by atoms with Crippen molar-refractivity contribution in [2.45, 2.75) is 44.2 Å². The van der Waals surface area contributed by atoms with Crippen molar-refractivity contribution in [2.75, 3.05) is 13.6 Å². The van der Waals surface area contributed by atoms with Gasteiger partial charge in [-0.05, 0) is 55.2 Å². The number of benzene rings is 1. The minimum Gasteiger partial charge on any atom is -0.337 e. The highest BCUT2D eigenvalue weighted by Crippen LogP contribution is 2.40. The van der Waals surface area contributed by atoms with E-state index in [1.807, 2.05) is 11.9 Å². The number of hydrogen-bond donors (Lipinski definition) is 1. The maximum absolute atomic E-state index is 12.9. The van der Waals surface area contributed by atoms with Gasteiger partial charge in [-0.2, -0.15) is 0 Å². The molecule has 1 aliphatic heterocycles. The molecule has 21 heavy (non-hydrogen) atoms. The molecule has 2 aliphatic carbocycles. The first-order valence-corrected chi connectivity index (χ1v) is 8.33. The van der Waals surface area contributed by atoms with Gasteiger partial charge in [0.05, 0.1) is 12.1 Å². The normalized spacial score (nSPS) is 33.8. The lowest BCUT2D eigenvalue weighted by molar-refractivity contribution is -0.135. The van der Waals surface area contributed by atoms with Crippen molar-refractivity contribution in [1.82, 2.24) is 10.2 Å². The molecule has 3 heteroatoms. The molecule has 0 spiro atoms. The summed E-state index contributed by atoms with van der Waals surface area (Å²) in [6.07, 6.45) is 6.00. The average molecular weight is 284 g/mol. The van der Waals surface area contributed by atoms with Gasteiger partial charge in [-0.15, -0.1) is 0 Å². The number of hydrogen-bond acceptors (Lipinski definition) is 2. The van der Waals surface area contributed by atoms with Gasteiger partial charge in [0.15, 0.2) is 0 Å². The predicted molar refractivity (Wildman–Crippen MR) is 82.9 cm³/mol. The largest absolute Gasteiger partial charge is 0.337 e. The molecule has 3 aliphatic rings. The molecule has 3 nitrogen and oxygen atoms in total. The van der Waals surface area contributed by atoms with Gasteiger partial charge in [0, 0.05) is 7.05 Å². The quantitative estimate of drug-likeness (QED) is 0.905. The SMILES string of the molecule is CN(C(=O)C1NCC2CCCC21)C1CCc2ccccc21. The molecule has 0 aromatic heterocycles. The van der Waals surface area contributed by atoms with Gasteiger partial charge < -0.3 is 10.2 Å². The van der Waals surface area contributed by atoms with Crippen LogP contribution in [-0.2, 0) is 11.2 Å². The summed E-state index contributed by atoms with van der Waals surface area (Å²) in [7, 11) is 2.00. The summed E-state index contributed by atoms with van der Waals surface area (Å²) in [5.74, 6) is 1.63. The van der Waals surface area contributed by atoms with Crippen LogP contribution in [0.4, 0.5) is 0 Å². The fourth-order valence-electron chi connectivity index (χ4n) is 4.77. The van der Waals surface area contributed by atoms with Crippen molar-refractivity contribution in [3.8, 4) is 0 Å². The van der Waals surface area contributed by atoms with Gasteiger partial charge in [-0.25, -0.2) is 0 Å². The first-order valence-electron chi connectivity index (χ1n) is 8.33. The Morgan fingerprint density at radius 2 is 2.10 bits per heavy atom. The van der Waals surface area contributed by atoms with Gasteiger partial charge in [-0.3, -0.25) is 4.79 Å². The first-order chi connectivity index (χ1) is 10.3. The summed E-state index contributed by atoms with van der Waals surface area (Å²) in [4.78, 5) is 15.0. The standard InChI is InChI=1S/C18H24N2O/c1-20(16-10-9-12-5-2-3-7-14(12)16)18(21)17-15-8-4-6-13(15)11-19-17/h2-3,5,7,13,15-17,19H,4,6,8-11H2,1H3. The topological polar surface area (TPSA) is 32.3 Å². The zero-order valence-corrected chi connectivity index (χ0v) is 12.7. The van der Waals surface area contributed by atoms with E-state index in [4.69, 9.17) is 0 Å². The fraction of sp³-hybridized carbons (Fsp3) is 0.611. The molecule has 4 unspecified atom stereocenters. The zero-order valence-electron chi connectivity index (χ0n) is 12.7. The summed E-state index contributed by atoms with van der Waals surface area (Å²) in [6.45, 7) is 1.04. The molecule has 1 amide bonds. The summed E-state index contributed by atoms with van der Waals surface area (Å²) in [5, 5.41) is 3.50. The van der Waals surface area contributed by atoms with Crippen LogP contribution in [0.2, 0.25) is 0 Å². The van der Waals surface area contributed by atoms with E-state index >= 15 is 0 Å². The molecule has 0 bridgehead atoms. The molecular weight excluding hydrogens is 260 g/mol. The van der Waals surface area contributed by atoms with Gasteiger partial charge in [0.2, 0.25) is 5.91 Å². The number of amides is 1. The molecule has 112 valence electrons. The molecule has 1 aromatic carbocycles. The number of carbonyl (C=O) groups excluding carboxylic acids is 1. The number of likely N-dealkylation sites (N-methyl/N-ethyl adjacent to an activating group) is 1. The third-order valence-electron chi connectivity index (χ3n) is 5.93. The van der Waals surface area contributed by atoms with Crippen LogP contribution in [0.3, 0.4) is 0 Å². The summed E-state index contributed by atoms with van der Waals surface area (Å²) < 4.78 is 0. The molecule has 1 aromatic rings. The monoisotopic (exact) mass is 284 g/mol. The minimum atomic E-state index is 0.0651. The highest BCUT2D eigenvalue weighted by atomic mass is 16.2. The molecule has 1 heterocycles. The number of carbonyl (C=O) groups is 1. The second-order valence-corrected chi connectivity index (χ2v) is 6.94. The van der Waals surface area contributed by atoms with Crippen LogP contribution in [0.25, 0.3) is 0 Å². The molecule has 1 saturated carbocycles. The van der Waals surface area contributed by atoms with Crippen molar-refractivity contribution < 1.29 is 4.79 Å². The summed E-state index contributed by atoms with van der Waals surface area (Å²) in [5.41, 5.74) is 2.77. The van der Waals surface area contributed by atoms with E-state index < -0.39 is 0 Å². The number of rotatable bonds is 2.